The highest BCUT2D eigenvalue weighted by atomic mass is 19.4. The Kier molecular flexibility index (Phi) is 7.19. The van der Waals surface area contributed by atoms with E-state index >= 15 is 0 Å². The van der Waals surface area contributed by atoms with Crippen molar-refractivity contribution in [2.24, 2.45) is 10.9 Å². The Morgan fingerprint density at radius 1 is 1.26 bits per heavy atom. The van der Waals surface area contributed by atoms with Gasteiger partial charge in [-0.2, -0.15) is 13.2 Å². The number of aryl methyl sites for hydroxylation is 1. The summed E-state index contributed by atoms with van der Waals surface area (Å²) in [6.45, 7) is 5.73. The predicted octanol–water partition coefficient (Wildman–Crippen LogP) is 3.26. The molecular weight excluding hydrogens is 307 g/mol. The van der Waals surface area contributed by atoms with E-state index in [2.05, 4.69) is 29.5 Å². The lowest BCUT2D eigenvalue weighted by Crippen LogP contribution is -2.38. The summed E-state index contributed by atoms with van der Waals surface area (Å²) in [4.78, 5) is 4.08. The maximum atomic E-state index is 12.3. The van der Waals surface area contributed by atoms with Crippen LogP contribution in [0.5, 0.6) is 5.75 Å². The predicted molar refractivity (Wildman–Crippen MR) is 85.8 cm³/mol. The van der Waals surface area contributed by atoms with Crippen LogP contribution in [-0.2, 0) is 6.54 Å². The molecule has 0 unspecified atom stereocenters. The molecule has 0 atom stereocenters. The second-order valence-corrected chi connectivity index (χ2v) is 5.72. The first-order valence-electron chi connectivity index (χ1n) is 7.45. The van der Waals surface area contributed by atoms with E-state index in [0.29, 0.717) is 24.0 Å². The van der Waals surface area contributed by atoms with Gasteiger partial charge in [0.15, 0.2) is 12.6 Å². The zero-order valence-corrected chi connectivity index (χ0v) is 13.9. The fraction of sp³-hybridized carbons (Fsp3) is 0.562. The van der Waals surface area contributed by atoms with Crippen molar-refractivity contribution in [3.8, 4) is 5.75 Å². The lowest BCUT2D eigenvalue weighted by atomic mass is 10.1. The van der Waals surface area contributed by atoms with Crippen molar-refractivity contribution >= 4 is 5.96 Å². The van der Waals surface area contributed by atoms with Gasteiger partial charge in [-0.15, -0.1) is 0 Å². The number of halogens is 3. The molecule has 0 aliphatic heterocycles. The normalized spacial score (nSPS) is 12.4. The van der Waals surface area contributed by atoms with Gasteiger partial charge in [-0.05, 0) is 24.5 Å². The van der Waals surface area contributed by atoms with E-state index in [1.807, 2.05) is 6.07 Å². The summed E-state index contributed by atoms with van der Waals surface area (Å²) in [6, 6.07) is 5.19. The Labute approximate surface area is 135 Å². The minimum Gasteiger partial charge on any atom is -0.484 e. The molecule has 1 rings (SSSR count). The Morgan fingerprint density at radius 3 is 2.52 bits per heavy atom. The number of benzene rings is 1. The molecule has 0 spiro atoms. The van der Waals surface area contributed by atoms with Gasteiger partial charge in [0.2, 0.25) is 0 Å². The van der Waals surface area contributed by atoms with E-state index in [9.17, 15) is 13.2 Å². The standard InChI is InChI=1S/C16H24F3N3O/c1-11(2)8-21-15(20-4)22-9-13-6-5-12(3)7-14(13)23-10-16(17,18)19/h5-7,11H,8-10H2,1-4H3,(H2,20,21,22). The second-order valence-electron chi connectivity index (χ2n) is 5.72. The van der Waals surface area contributed by atoms with Crippen LogP contribution in [0, 0.1) is 12.8 Å². The van der Waals surface area contributed by atoms with Crippen LogP contribution < -0.4 is 15.4 Å². The van der Waals surface area contributed by atoms with E-state index in [-0.39, 0.29) is 5.75 Å². The summed E-state index contributed by atoms with van der Waals surface area (Å²) in [7, 11) is 1.64. The van der Waals surface area contributed by atoms with E-state index < -0.39 is 12.8 Å². The lowest BCUT2D eigenvalue weighted by Gasteiger charge is -2.16. The molecule has 130 valence electrons. The molecule has 2 N–H and O–H groups in total. The topological polar surface area (TPSA) is 45.7 Å². The molecule has 0 heterocycles. The average molecular weight is 331 g/mol. The van der Waals surface area contributed by atoms with Gasteiger partial charge in [-0.25, -0.2) is 0 Å². The number of nitrogens with zero attached hydrogens (tertiary/aromatic N) is 1. The zero-order chi connectivity index (χ0) is 17.5. The van der Waals surface area contributed by atoms with Crippen LogP contribution in [-0.4, -0.2) is 32.3 Å². The number of nitrogens with one attached hydrogen (secondary N) is 2. The molecular formula is C16H24F3N3O. The van der Waals surface area contributed by atoms with Crippen molar-refractivity contribution in [1.29, 1.82) is 0 Å². The monoisotopic (exact) mass is 331 g/mol. The molecule has 0 aliphatic rings. The van der Waals surface area contributed by atoms with Crippen molar-refractivity contribution in [3.63, 3.8) is 0 Å². The molecule has 23 heavy (non-hydrogen) atoms. The number of ether oxygens (including phenoxy) is 1. The minimum atomic E-state index is -4.36. The third-order valence-electron chi connectivity index (χ3n) is 2.96. The molecule has 1 aromatic carbocycles. The Hall–Kier alpha value is -1.92. The summed E-state index contributed by atoms with van der Waals surface area (Å²) in [6.07, 6.45) is -4.36. The van der Waals surface area contributed by atoms with Crippen LogP contribution in [0.2, 0.25) is 0 Å². The van der Waals surface area contributed by atoms with Crippen LogP contribution in [0.1, 0.15) is 25.0 Å². The van der Waals surface area contributed by atoms with Crippen molar-refractivity contribution < 1.29 is 17.9 Å². The van der Waals surface area contributed by atoms with Crippen LogP contribution in [0.4, 0.5) is 13.2 Å². The number of aliphatic imine (C=N–C) groups is 1. The maximum absolute atomic E-state index is 12.3. The lowest BCUT2D eigenvalue weighted by molar-refractivity contribution is -0.153. The van der Waals surface area contributed by atoms with Gasteiger partial charge in [0.1, 0.15) is 5.75 Å². The van der Waals surface area contributed by atoms with Gasteiger partial charge in [0.25, 0.3) is 0 Å². The summed E-state index contributed by atoms with van der Waals surface area (Å²) >= 11 is 0. The zero-order valence-electron chi connectivity index (χ0n) is 13.9. The fourth-order valence-corrected chi connectivity index (χ4v) is 1.80. The van der Waals surface area contributed by atoms with Gasteiger partial charge in [0, 0.05) is 25.7 Å². The average Bonchev–Trinajstić information content (AvgIpc) is 2.45. The third kappa shape index (κ3) is 7.76. The SMILES string of the molecule is CN=C(NCc1ccc(C)cc1OCC(F)(F)F)NCC(C)C. The van der Waals surface area contributed by atoms with Gasteiger partial charge in [0.05, 0.1) is 0 Å². The number of alkyl halides is 3. The van der Waals surface area contributed by atoms with E-state index in [1.165, 1.54) is 0 Å². The van der Waals surface area contributed by atoms with Gasteiger partial charge in [-0.3, -0.25) is 4.99 Å². The van der Waals surface area contributed by atoms with Gasteiger partial charge in [-0.1, -0.05) is 26.0 Å². The van der Waals surface area contributed by atoms with E-state index in [4.69, 9.17) is 4.74 Å². The van der Waals surface area contributed by atoms with Gasteiger partial charge < -0.3 is 15.4 Å². The number of hydrogen-bond donors (Lipinski definition) is 2. The number of hydrogen-bond acceptors (Lipinski definition) is 2. The summed E-state index contributed by atoms with van der Waals surface area (Å²) in [5.74, 6) is 1.29. The molecule has 1 aromatic rings. The molecule has 0 radical (unpaired) electrons. The molecule has 7 heteroatoms. The van der Waals surface area contributed by atoms with Gasteiger partial charge >= 0.3 is 6.18 Å². The van der Waals surface area contributed by atoms with Crippen molar-refractivity contribution in [3.05, 3.63) is 29.3 Å². The summed E-state index contributed by atoms with van der Waals surface area (Å²) in [5.41, 5.74) is 1.49. The molecule has 0 saturated heterocycles. The van der Waals surface area contributed by atoms with Crippen LogP contribution in [0.3, 0.4) is 0 Å². The smallest absolute Gasteiger partial charge is 0.422 e. The highest BCUT2D eigenvalue weighted by molar-refractivity contribution is 5.79. The first-order chi connectivity index (χ1) is 10.7. The number of guanidine groups is 1. The summed E-state index contributed by atoms with van der Waals surface area (Å²) in [5, 5.41) is 6.22. The first-order valence-corrected chi connectivity index (χ1v) is 7.45. The third-order valence-corrected chi connectivity index (χ3v) is 2.96. The first kappa shape index (κ1) is 19.1. The summed E-state index contributed by atoms with van der Waals surface area (Å²) < 4.78 is 42.0. The van der Waals surface area contributed by atoms with Crippen LogP contribution in [0.25, 0.3) is 0 Å². The Balaban J connectivity index is 2.71. The highest BCUT2D eigenvalue weighted by Crippen LogP contribution is 2.23. The van der Waals surface area contributed by atoms with E-state index in [1.54, 1.807) is 26.1 Å². The second kappa shape index (κ2) is 8.64. The highest BCUT2D eigenvalue weighted by Gasteiger charge is 2.28. The molecule has 0 amide bonds. The van der Waals surface area contributed by atoms with Crippen LogP contribution >= 0.6 is 0 Å². The largest absolute Gasteiger partial charge is 0.484 e. The van der Waals surface area contributed by atoms with E-state index in [0.717, 1.165) is 12.1 Å². The minimum absolute atomic E-state index is 0.231. The Bertz CT molecular complexity index is 528. The molecule has 0 bridgehead atoms. The van der Waals surface area contributed by atoms with Crippen LogP contribution in [0.15, 0.2) is 23.2 Å². The maximum Gasteiger partial charge on any atom is 0.422 e. The molecule has 0 aliphatic carbocycles. The molecule has 0 saturated carbocycles. The molecule has 0 fully saturated rings. The number of rotatable bonds is 6. The van der Waals surface area contributed by atoms with Crippen molar-refractivity contribution in [2.45, 2.75) is 33.5 Å². The quantitative estimate of drug-likeness (QED) is 0.621. The van der Waals surface area contributed by atoms with Crippen molar-refractivity contribution in [2.75, 3.05) is 20.2 Å². The molecule has 0 aromatic heterocycles. The Morgan fingerprint density at radius 2 is 1.96 bits per heavy atom. The fourth-order valence-electron chi connectivity index (χ4n) is 1.80. The van der Waals surface area contributed by atoms with Crippen molar-refractivity contribution in [1.82, 2.24) is 10.6 Å². The molecule has 4 nitrogen and oxygen atoms in total.